The number of carboxylic acid groups (broad SMARTS) is 1. The Morgan fingerprint density at radius 1 is 1.35 bits per heavy atom. The highest BCUT2D eigenvalue weighted by atomic mass is 16.4. The lowest BCUT2D eigenvalue weighted by Crippen LogP contribution is -2.49. The van der Waals surface area contributed by atoms with Gasteiger partial charge in [0.25, 0.3) is 0 Å². The number of aromatic nitrogens is 1. The molecule has 1 atom stereocenters. The Morgan fingerprint density at radius 3 is 2.50 bits per heavy atom. The van der Waals surface area contributed by atoms with Gasteiger partial charge in [-0.3, -0.25) is 9.78 Å². The topological polar surface area (TPSA) is 85.4 Å². The Hall–Kier alpha value is -2.11. The largest absolute Gasteiger partial charge is 0.548 e. The minimum Gasteiger partial charge on any atom is -0.548 e. The van der Waals surface area contributed by atoms with Crippen molar-refractivity contribution in [2.45, 2.75) is 25.8 Å². The third-order valence-corrected chi connectivity index (χ3v) is 3.61. The smallest absolute Gasteiger partial charge is 0.223 e. The number of piperidine rings is 1. The maximum Gasteiger partial charge on any atom is 0.223 e. The molecule has 1 fully saturated rings. The molecule has 0 radical (unpaired) electrons. The number of carbonyl (C=O) groups is 2. The molecule has 0 bridgehead atoms. The summed E-state index contributed by atoms with van der Waals surface area (Å²) in [5.41, 5.74) is 1.10. The summed E-state index contributed by atoms with van der Waals surface area (Å²) in [6.45, 7) is 2.98. The van der Waals surface area contributed by atoms with Crippen LogP contribution >= 0.6 is 0 Å². The second-order valence-corrected chi connectivity index (χ2v) is 5.02. The van der Waals surface area contributed by atoms with Crippen molar-refractivity contribution in [1.82, 2.24) is 10.3 Å². The van der Waals surface area contributed by atoms with E-state index in [4.69, 9.17) is 0 Å². The molecule has 1 unspecified atom stereocenters. The summed E-state index contributed by atoms with van der Waals surface area (Å²) < 4.78 is 0. The Kier molecular flexibility index (Phi) is 4.55. The van der Waals surface area contributed by atoms with E-state index in [1.807, 2.05) is 12.1 Å². The molecule has 1 amide bonds. The average molecular weight is 276 g/mol. The van der Waals surface area contributed by atoms with Crippen molar-refractivity contribution in [3.05, 3.63) is 24.5 Å². The van der Waals surface area contributed by atoms with E-state index in [9.17, 15) is 14.7 Å². The van der Waals surface area contributed by atoms with Crippen LogP contribution in [0.5, 0.6) is 0 Å². The number of nitrogens with one attached hydrogen (secondary N) is 1. The van der Waals surface area contributed by atoms with Crippen molar-refractivity contribution in [3.63, 3.8) is 0 Å². The molecule has 6 heteroatoms. The fraction of sp³-hybridized carbons (Fsp3) is 0.500. The molecule has 0 saturated carbocycles. The zero-order chi connectivity index (χ0) is 14.5. The molecule has 108 valence electrons. The molecule has 2 heterocycles. The summed E-state index contributed by atoms with van der Waals surface area (Å²) in [7, 11) is 0. The summed E-state index contributed by atoms with van der Waals surface area (Å²) in [5.74, 6) is -1.58. The minimum atomic E-state index is -1.26. The highest BCUT2D eigenvalue weighted by Gasteiger charge is 2.25. The first-order chi connectivity index (χ1) is 9.58. The number of anilines is 1. The number of hydrogen-bond acceptors (Lipinski definition) is 5. The molecule has 0 aromatic carbocycles. The van der Waals surface area contributed by atoms with Gasteiger partial charge in [0, 0.05) is 37.1 Å². The van der Waals surface area contributed by atoms with Crippen molar-refractivity contribution in [2.24, 2.45) is 5.92 Å². The average Bonchev–Trinajstić information content (AvgIpc) is 2.48. The lowest BCUT2D eigenvalue weighted by atomic mass is 9.95. The molecule has 1 aliphatic heterocycles. The van der Waals surface area contributed by atoms with Crippen LogP contribution in [0.25, 0.3) is 0 Å². The third-order valence-electron chi connectivity index (χ3n) is 3.61. The number of amides is 1. The SMILES string of the molecule is CC(NC(=O)C1CCN(c2ccncc2)CC1)C(=O)[O-]. The number of rotatable bonds is 4. The first-order valence-electron chi connectivity index (χ1n) is 6.74. The zero-order valence-corrected chi connectivity index (χ0v) is 11.4. The third kappa shape index (κ3) is 3.46. The van der Waals surface area contributed by atoms with E-state index < -0.39 is 12.0 Å². The zero-order valence-electron chi connectivity index (χ0n) is 11.4. The Labute approximate surface area is 117 Å². The van der Waals surface area contributed by atoms with Gasteiger partial charge in [-0.05, 0) is 31.9 Å². The predicted molar refractivity (Wildman–Crippen MR) is 71.8 cm³/mol. The Morgan fingerprint density at radius 2 is 1.95 bits per heavy atom. The number of aliphatic carboxylic acids is 1. The van der Waals surface area contributed by atoms with Gasteiger partial charge in [-0.15, -0.1) is 0 Å². The van der Waals surface area contributed by atoms with Gasteiger partial charge in [-0.25, -0.2) is 0 Å². The lowest BCUT2D eigenvalue weighted by molar-refractivity contribution is -0.307. The molecular weight excluding hydrogens is 258 g/mol. The molecule has 1 aliphatic rings. The van der Waals surface area contributed by atoms with Crippen molar-refractivity contribution in [2.75, 3.05) is 18.0 Å². The van der Waals surface area contributed by atoms with E-state index in [-0.39, 0.29) is 11.8 Å². The van der Waals surface area contributed by atoms with Crippen LogP contribution in [0.3, 0.4) is 0 Å². The van der Waals surface area contributed by atoms with E-state index in [1.54, 1.807) is 12.4 Å². The highest BCUT2D eigenvalue weighted by molar-refractivity contribution is 5.84. The van der Waals surface area contributed by atoms with E-state index in [0.29, 0.717) is 12.8 Å². The molecule has 1 N–H and O–H groups in total. The van der Waals surface area contributed by atoms with Gasteiger partial charge in [-0.1, -0.05) is 0 Å². The van der Waals surface area contributed by atoms with Crippen LogP contribution in [-0.4, -0.2) is 36.0 Å². The van der Waals surface area contributed by atoms with Gasteiger partial charge >= 0.3 is 0 Å². The van der Waals surface area contributed by atoms with Crippen LogP contribution in [0.2, 0.25) is 0 Å². The molecule has 6 nitrogen and oxygen atoms in total. The van der Waals surface area contributed by atoms with Crippen LogP contribution in [0.4, 0.5) is 5.69 Å². The van der Waals surface area contributed by atoms with Gasteiger partial charge in [0.2, 0.25) is 5.91 Å². The molecule has 20 heavy (non-hydrogen) atoms. The van der Waals surface area contributed by atoms with Gasteiger partial charge in [0.15, 0.2) is 0 Å². The predicted octanol–water partition coefficient (Wildman–Crippen LogP) is -0.447. The molecule has 1 aromatic heterocycles. The molecule has 2 rings (SSSR count). The van der Waals surface area contributed by atoms with Crippen molar-refractivity contribution < 1.29 is 14.7 Å². The monoisotopic (exact) mass is 276 g/mol. The van der Waals surface area contributed by atoms with Crippen LogP contribution < -0.4 is 15.3 Å². The van der Waals surface area contributed by atoms with Crippen LogP contribution in [0.15, 0.2) is 24.5 Å². The number of carboxylic acids is 1. The first-order valence-corrected chi connectivity index (χ1v) is 6.74. The first kappa shape index (κ1) is 14.3. The second-order valence-electron chi connectivity index (χ2n) is 5.02. The van der Waals surface area contributed by atoms with Crippen LogP contribution in [0.1, 0.15) is 19.8 Å². The summed E-state index contributed by atoms with van der Waals surface area (Å²) in [5, 5.41) is 13.1. The van der Waals surface area contributed by atoms with E-state index in [2.05, 4.69) is 15.2 Å². The van der Waals surface area contributed by atoms with Gasteiger partial charge in [-0.2, -0.15) is 0 Å². The minimum absolute atomic E-state index is 0.130. The van der Waals surface area contributed by atoms with Crippen LogP contribution in [-0.2, 0) is 9.59 Å². The Bertz CT molecular complexity index is 470. The maximum atomic E-state index is 11.9. The normalized spacial score (nSPS) is 17.6. The van der Waals surface area contributed by atoms with Gasteiger partial charge in [0.05, 0.1) is 12.0 Å². The van der Waals surface area contributed by atoms with Gasteiger partial charge < -0.3 is 20.1 Å². The number of nitrogens with zero attached hydrogens (tertiary/aromatic N) is 2. The second kappa shape index (κ2) is 6.36. The molecule has 0 aliphatic carbocycles. The fourth-order valence-electron chi connectivity index (χ4n) is 2.34. The van der Waals surface area contributed by atoms with Crippen molar-refractivity contribution >= 4 is 17.6 Å². The summed E-state index contributed by atoms with van der Waals surface area (Å²) in [4.78, 5) is 28.7. The fourth-order valence-corrected chi connectivity index (χ4v) is 2.34. The van der Waals surface area contributed by atoms with E-state index in [1.165, 1.54) is 6.92 Å². The van der Waals surface area contributed by atoms with Crippen molar-refractivity contribution in [3.8, 4) is 0 Å². The van der Waals surface area contributed by atoms with E-state index >= 15 is 0 Å². The lowest BCUT2D eigenvalue weighted by Gasteiger charge is -2.33. The maximum absolute atomic E-state index is 11.9. The highest BCUT2D eigenvalue weighted by Crippen LogP contribution is 2.22. The van der Waals surface area contributed by atoms with Crippen LogP contribution in [0, 0.1) is 5.92 Å². The Balaban J connectivity index is 1.85. The molecule has 0 spiro atoms. The number of pyridine rings is 1. The van der Waals surface area contributed by atoms with Gasteiger partial charge in [0.1, 0.15) is 0 Å². The standard InChI is InChI=1S/C14H19N3O3/c1-10(14(19)20)16-13(18)11-4-8-17(9-5-11)12-2-6-15-7-3-12/h2-3,6-7,10-11H,4-5,8-9H2,1H3,(H,16,18)(H,19,20)/p-1. The summed E-state index contributed by atoms with van der Waals surface area (Å²) >= 11 is 0. The molecular formula is C14H18N3O3-. The van der Waals surface area contributed by atoms with E-state index in [0.717, 1.165) is 18.8 Å². The summed E-state index contributed by atoms with van der Waals surface area (Å²) in [6.07, 6.45) is 4.92. The van der Waals surface area contributed by atoms with Crippen molar-refractivity contribution in [1.29, 1.82) is 0 Å². The number of carbonyl (C=O) groups excluding carboxylic acids is 2. The molecule has 1 aromatic rings. The summed E-state index contributed by atoms with van der Waals surface area (Å²) in [6, 6.07) is 2.94. The number of hydrogen-bond donors (Lipinski definition) is 1. The molecule has 1 saturated heterocycles. The quantitative estimate of drug-likeness (QED) is 0.805.